The van der Waals surface area contributed by atoms with Gasteiger partial charge in [0.2, 0.25) is 0 Å². The van der Waals surface area contributed by atoms with Gasteiger partial charge in [0, 0.05) is 11.1 Å². The molecular formula is C13H5F3N4O. The minimum absolute atomic E-state index is 0.402. The lowest BCUT2D eigenvalue weighted by Crippen LogP contribution is -2.17. The minimum Gasteiger partial charge on any atom is -0.384 e. The summed E-state index contributed by atoms with van der Waals surface area (Å²) in [4.78, 5) is 13.7. The van der Waals surface area contributed by atoms with E-state index in [0.717, 1.165) is 6.07 Å². The molecule has 0 bridgehead atoms. The Morgan fingerprint density at radius 2 is 1.67 bits per heavy atom. The average molecular weight is 290 g/mol. The monoisotopic (exact) mass is 290 g/mol. The van der Waals surface area contributed by atoms with Gasteiger partial charge in [-0.05, 0) is 12.1 Å². The van der Waals surface area contributed by atoms with Gasteiger partial charge in [-0.15, -0.1) is 0 Å². The van der Waals surface area contributed by atoms with Gasteiger partial charge in [-0.25, -0.2) is 13.2 Å². The molecule has 0 unspecified atom stereocenters. The highest BCUT2D eigenvalue weighted by molar-refractivity contribution is 5.80. The van der Waals surface area contributed by atoms with Crippen LogP contribution >= 0.6 is 0 Å². The van der Waals surface area contributed by atoms with Crippen LogP contribution in [0.25, 0.3) is 11.1 Å². The lowest BCUT2D eigenvalue weighted by molar-refractivity contribution is 0.449. The summed E-state index contributed by atoms with van der Waals surface area (Å²) < 4.78 is 40.1. The van der Waals surface area contributed by atoms with E-state index in [4.69, 9.17) is 16.3 Å². The molecule has 0 radical (unpaired) electrons. The van der Waals surface area contributed by atoms with Crippen LogP contribution in [0.15, 0.2) is 16.9 Å². The molecule has 0 fully saturated rings. The molecular weight excluding hydrogens is 285 g/mol. The van der Waals surface area contributed by atoms with Crippen molar-refractivity contribution in [2.24, 2.45) is 0 Å². The van der Waals surface area contributed by atoms with E-state index < -0.39 is 51.1 Å². The summed E-state index contributed by atoms with van der Waals surface area (Å²) in [6.07, 6.45) is 0. The van der Waals surface area contributed by atoms with Crippen LogP contribution in [0.4, 0.5) is 19.0 Å². The van der Waals surface area contributed by atoms with Crippen molar-refractivity contribution in [3.63, 3.8) is 0 Å². The van der Waals surface area contributed by atoms with Crippen LogP contribution in [0.2, 0.25) is 0 Å². The number of nitrogen functional groups attached to an aromatic ring is 1. The van der Waals surface area contributed by atoms with Gasteiger partial charge in [0.05, 0.1) is 0 Å². The normalized spacial score (nSPS) is 9.95. The molecule has 0 spiro atoms. The fourth-order valence-electron chi connectivity index (χ4n) is 1.83. The first-order valence-electron chi connectivity index (χ1n) is 5.42. The third kappa shape index (κ3) is 2.09. The van der Waals surface area contributed by atoms with Gasteiger partial charge in [-0.2, -0.15) is 10.5 Å². The van der Waals surface area contributed by atoms with Gasteiger partial charge in [-0.3, -0.25) is 4.79 Å². The Kier molecular flexibility index (Phi) is 3.38. The van der Waals surface area contributed by atoms with Crippen molar-refractivity contribution in [3.8, 4) is 23.3 Å². The van der Waals surface area contributed by atoms with E-state index in [1.54, 1.807) is 6.07 Å². The topological polar surface area (TPSA) is 106 Å². The number of halogens is 3. The van der Waals surface area contributed by atoms with Crippen LogP contribution in [-0.2, 0) is 0 Å². The molecule has 1 aromatic carbocycles. The molecule has 8 heteroatoms. The Balaban J connectivity index is 3.01. The van der Waals surface area contributed by atoms with Crippen LogP contribution in [0.5, 0.6) is 0 Å². The number of nitrogens with one attached hydrogen (secondary N) is 1. The maximum absolute atomic E-state index is 13.9. The van der Waals surface area contributed by atoms with Crippen molar-refractivity contribution >= 4 is 5.82 Å². The van der Waals surface area contributed by atoms with Crippen molar-refractivity contribution in [2.45, 2.75) is 0 Å². The third-order valence-electron chi connectivity index (χ3n) is 2.77. The molecule has 1 heterocycles. The second-order valence-electron chi connectivity index (χ2n) is 3.94. The van der Waals surface area contributed by atoms with Gasteiger partial charge in [0.1, 0.15) is 29.1 Å². The second kappa shape index (κ2) is 5.02. The van der Waals surface area contributed by atoms with Crippen molar-refractivity contribution < 1.29 is 13.2 Å². The van der Waals surface area contributed by atoms with Gasteiger partial charge in [0.25, 0.3) is 5.56 Å². The predicted octanol–water partition coefficient (Wildman–Crippen LogP) is 1.78. The molecule has 2 rings (SSSR count). The summed E-state index contributed by atoms with van der Waals surface area (Å²) in [6.45, 7) is 0. The highest BCUT2D eigenvalue weighted by Crippen LogP contribution is 2.31. The summed E-state index contributed by atoms with van der Waals surface area (Å²) in [7, 11) is 0. The molecule has 0 aliphatic rings. The van der Waals surface area contributed by atoms with E-state index in [-0.39, 0.29) is 0 Å². The van der Waals surface area contributed by atoms with Gasteiger partial charge in [-0.1, -0.05) is 0 Å². The van der Waals surface area contributed by atoms with Gasteiger partial charge >= 0.3 is 0 Å². The Hall–Kier alpha value is -3.26. The first-order valence-corrected chi connectivity index (χ1v) is 5.42. The molecule has 0 aliphatic carbocycles. The zero-order chi connectivity index (χ0) is 15.7. The number of pyridine rings is 1. The Bertz CT molecular complexity index is 890. The quantitative estimate of drug-likeness (QED) is 0.780. The molecule has 2 aromatic rings. The molecule has 0 amide bonds. The zero-order valence-electron chi connectivity index (χ0n) is 10.2. The number of anilines is 1. The number of hydrogen-bond donors (Lipinski definition) is 2. The minimum atomic E-state index is -1.78. The molecule has 104 valence electrons. The number of nitrogens with zero attached hydrogens (tertiary/aromatic N) is 2. The van der Waals surface area contributed by atoms with Crippen LogP contribution in [0.1, 0.15) is 11.1 Å². The van der Waals surface area contributed by atoms with Crippen LogP contribution in [0.3, 0.4) is 0 Å². The summed E-state index contributed by atoms with van der Waals surface area (Å²) in [6, 6.07) is 4.53. The number of nitrogens with two attached hydrogens (primary N) is 1. The second-order valence-corrected chi connectivity index (χ2v) is 3.94. The highest BCUT2D eigenvalue weighted by Gasteiger charge is 2.23. The van der Waals surface area contributed by atoms with Crippen molar-refractivity contribution in [3.05, 3.63) is 51.1 Å². The fourth-order valence-corrected chi connectivity index (χ4v) is 1.83. The number of aromatic amines is 1. The number of aromatic nitrogens is 1. The highest BCUT2D eigenvalue weighted by atomic mass is 19.2. The number of hydrogen-bond acceptors (Lipinski definition) is 4. The average Bonchev–Trinajstić information content (AvgIpc) is 2.44. The van der Waals surface area contributed by atoms with Crippen molar-refractivity contribution in [1.29, 1.82) is 10.5 Å². The first-order chi connectivity index (χ1) is 9.92. The number of rotatable bonds is 1. The third-order valence-corrected chi connectivity index (χ3v) is 2.77. The van der Waals surface area contributed by atoms with Gasteiger partial charge in [0.15, 0.2) is 17.5 Å². The fraction of sp³-hybridized carbons (Fsp3) is 0. The van der Waals surface area contributed by atoms with E-state index in [0.29, 0.717) is 6.07 Å². The Labute approximate surface area is 115 Å². The van der Waals surface area contributed by atoms with Crippen LogP contribution < -0.4 is 11.3 Å². The SMILES string of the molecule is N#Cc1c(N)[nH]c(=O)c(C#N)c1-c1ccc(F)c(F)c1F. The van der Waals surface area contributed by atoms with Crippen LogP contribution in [0, 0.1) is 40.1 Å². The summed E-state index contributed by atoms with van der Waals surface area (Å²) >= 11 is 0. The van der Waals surface area contributed by atoms with E-state index in [9.17, 15) is 18.0 Å². The molecule has 0 saturated carbocycles. The largest absolute Gasteiger partial charge is 0.384 e. The number of benzene rings is 1. The zero-order valence-corrected chi connectivity index (χ0v) is 10.2. The predicted molar refractivity (Wildman–Crippen MR) is 66.2 cm³/mol. The Morgan fingerprint density at radius 3 is 2.24 bits per heavy atom. The van der Waals surface area contributed by atoms with E-state index in [2.05, 4.69) is 4.98 Å². The molecule has 0 aliphatic heterocycles. The standard InChI is InChI=1S/C13H5F3N4O/c14-8-2-1-5(10(15)11(8)16)9-6(3-17)12(19)20-13(21)7(9)4-18/h1-2H,(H3,19,20,21). The molecule has 0 saturated heterocycles. The molecule has 1 aromatic heterocycles. The molecule has 21 heavy (non-hydrogen) atoms. The van der Waals surface area contributed by atoms with Crippen LogP contribution in [-0.4, -0.2) is 4.98 Å². The summed E-state index contributed by atoms with van der Waals surface area (Å²) in [5, 5.41) is 18.0. The lowest BCUT2D eigenvalue weighted by atomic mass is 9.96. The summed E-state index contributed by atoms with van der Waals surface area (Å²) in [5.41, 5.74) is 2.37. The van der Waals surface area contributed by atoms with E-state index >= 15 is 0 Å². The molecule has 3 N–H and O–H groups in total. The van der Waals surface area contributed by atoms with Crippen molar-refractivity contribution in [2.75, 3.05) is 5.73 Å². The number of H-pyrrole nitrogens is 1. The maximum Gasteiger partial charge on any atom is 0.268 e. The maximum atomic E-state index is 13.9. The van der Waals surface area contributed by atoms with Gasteiger partial charge < -0.3 is 10.7 Å². The van der Waals surface area contributed by atoms with E-state index in [1.165, 1.54) is 6.07 Å². The smallest absolute Gasteiger partial charge is 0.268 e. The first kappa shape index (κ1) is 14.2. The summed E-state index contributed by atoms with van der Waals surface area (Å²) in [5.74, 6) is -5.24. The lowest BCUT2D eigenvalue weighted by Gasteiger charge is -2.10. The molecule has 5 nitrogen and oxygen atoms in total. The van der Waals surface area contributed by atoms with Crippen molar-refractivity contribution in [1.82, 2.24) is 4.98 Å². The number of nitriles is 2. The van der Waals surface area contributed by atoms with E-state index in [1.807, 2.05) is 0 Å². The molecule has 0 atom stereocenters. The Morgan fingerprint density at radius 1 is 1.05 bits per heavy atom.